The number of nitrogens with one attached hydrogen (secondary N) is 2. The number of thioether (sulfide) groups is 1. The van der Waals surface area contributed by atoms with Gasteiger partial charge in [0, 0.05) is 24.8 Å². The molecule has 0 radical (unpaired) electrons. The van der Waals surface area contributed by atoms with Gasteiger partial charge in [-0.1, -0.05) is 25.6 Å². The highest BCUT2D eigenvalue weighted by Gasteiger charge is 2.51. The molecule has 4 aliphatic carbocycles. The van der Waals surface area contributed by atoms with Crippen molar-refractivity contribution in [3.8, 4) is 0 Å². The van der Waals surface area contributed by atoms with Crippen LogP contribution in [0.2, 0.25) is 0 Å². The number of hydrogen-bond acceptors (Lipinski definition) is 6. The molecule has 1 aromatic rings. The van der Waals surface area contributed by atoms with Crippen LogP contribution in [-0.2, 0) is 14.8 Å². The lowest BCUT2D eigenvalue weighted by atomic mass is 9.53. The molecule has 0 aromatic carbocycles. The van der Waals surface area contributed by atoms with Gasteiger partial charge in [0.1, 0.15) is 4.90 Å². The molecule has 33 heavy (non-hydrogen) atoms. The Kier molecular flexibility index (Phi) is 7.08. The third kappa shape index (κ3) is 5.22. The van der Waals surface area contributed by atoms with E-state index in [1.54, 1.807) is 26.8 Å². The van der Waals surface area contributed by atoms with Crippen LogP contribution in [0.1, 0.15) is 59.3 Å². The van der Waals surface area contributed by atoms with E-state index in [9.17, 15) is 18.0 Å². The number of carbonyl (C=O) groups excluding carboxylic acids is 2. The van der Waals surface area contributed by atoms with Gasteiger partial charge in [0.2, 0.25) is 15.9 Å². The van der Waals surface area contributed by atoms with Gasteiger partial charge in [-0.05, 0) is 75.3 Å². The first kappa shape index (κ1) is 24.5. The Morgan fingerprint density at radius 2 is 1.70 bits per heavy atom. The summed E-state index contributed by atoms with van der Waals surface area (Å²) in [6.45, 7) is 6.06. The van der Waals surface area contributed by atoms with Crippen molar-refractivity contribution in [2.45, 2.75) is 80.0 Å². The van der Waals surface area contributed by atoms with Gasteiger partial charge in [0.25, 0.3) is 0 Å². The fourth-order valence-corrected chi connectivity index (χ4v) is 8.48. The van der Waals surface area contributed by atoms with Crippen LogP contribution in [0.3, 0.4) is 0 Å². The molecule has 4 saturated carbocycles. The molecule has 0 aliphatic heterocycles. The van der Waals surface area contributed by atoms with Crippen LogP contribution in [0.4, 0.5) is 4.79 Å². The molecule has 4 bridgehead atoms. The Balaban J connectivity index is 1.31. The minimum Gasteiger partial charge on any atom is -0.332 e. The van der Waals surface area contributed by atoms with Gasteiger partial charge in [0.15, 0.2) is 0 Å². The smallest absolute Gasteiger partial charge is 0.321 e. The zero-order chi connectivity index (χ0) is 23.8. The molecule has 1 aromatic heterocycles. The quantitative estimate of drug-likeness (QED) is 0.536. The Bertz CT molecular complexity index is 957. The lowest BCUT2D eigenvalue weighted by molar-refractivity contribution is -0.119. The summed E-state index contributed by atoms with van der Waals surface area (Å²) in [6.07, 6.45) is 8.26. The normalized spacial score (nSPS) is 29.2. The third-order valence-electron chi connectivity index (χ3n) is 7.37. The molecule has 1 atom stereocenters. The summed E-state index contributed by atoms with van der Waals surface area (Å²) < 4.78 is 26.5. The topological polar surface area (TPSA) is 108 Å². The number of aromatic nitrogens is 1. The second-order valence-corrected chi connectivity index (χ2v) is 13.1. The monoisotopic (exact) mass is 494 g/mol. The fraction of sp³-hybridized carbons (Fsp3) is 0.696. The summed E-state index contributed by atoms with van der Waals surface area (Å²) in [6, 6.07) is 2.69. The molecule has 2 N–H and O–H groups in total. The minimum absolute atomic E-state index is 0.127. The Morgan fingerprint density at radius 3 is 2.18 bits per heavy atom. The van der Waals surface area contributed by atoms with Gasteiger partial charge in [-0.25, -0.2) is 18.2 Å². The van der Waals surface area contributed by atoms with Crippen LogP contribution in [0.25, 0.3) is 0 Å². The van der Waals surface area contributed by atoms with E-state index in [4.69, 9.17) is 0 Å². The molecule has 0 unspecified atom stereocenters. The number of carbonyl (C=O) groups is 2. The van der Waals surface area contributed by atoms with E-state index >= 15 is 0 Å². The maximum atomic E-state index is 12.6. The van der Waals surface area contributed by atoms with E-state index in [1.807, 2.05) is 0 Å². The molecule has 4 aliphatic rings. The molecule has 10 heteroatoms. The molecular weight excluding hydrogens is 460 g/mol. The number of nitrogens with zero attached hydrogens (tertiary/aromatic N) is 2. The zero-order valence-electron chi connectivity index (χ0n) is 19.5. The minimum atomic E-state index is -3.57. The van der Waals surface area contributed by atoms with Crippen LogP contribution in [0.15, 0.2) is 28.3 Å². The molecular formula is C23H34N4O4S2. The third-order valence-corrected chi connectivity index (χ3v) is 10.5. The SMILES string of the molecule is CCN(CC)S(=O)(=O)c1ccc(S[C@@H](C)C(=O)NC(=O)NC23CC4CC(CC(C4)C2)C3)nc1. The van der Waals surface area contributed by atoms with Crippen LogP contribution in [0.5, 0.6) is 0 Å². The lowest BCUT2D eigenvalue weighted by Gasteiger charge is -2.56. The van der Waals surface area contributed by atoms with Crippen molar-refractivity contribution in [3.05, 3.63) is 18.3 Å². The lowest BCUT2D eigenvalue weighted by Crippen LogP contribution is -2.62. The molecule has 182 valence electrons. The van der Waals surface area contributed by atoms with Crippen LogP contribution >= 0.6 is 11.8 Å². The number of imide groups is 1. The van der Waals surface area contributed by atoms with Crippen LogP contribution in [0, 0.1) is 17.8 Å². The van der Waals surface area contributed by atoms with Gasteiger partial charge < -0.3 is 5.32 Å². The van der Waals surface area contributed by atoms with Crippen molar-refractivity contribution in [3.63, 3.8) is 0 Å². The first-order valence-electron chi connectivity index (χ1n) is 11.9. The number of sulfonamides is 1. The summed E-state index contributed by atoms with van der Waals surface area (Å²) in [5, 5.41) is 5.63. The zero-order valence-corrected chi connectivity index (χ0v) is 21.2. The van der Waals surface area contributed by atoms with Gasteiger partial charge in [0.05, 0.1) is 10.3 Å². The van der Waals surface area contributed by atoms with Gasteiger partial charge in [-0.3, -0.25) is 10.1 Å². The number of pyridine rings is 1. The molecule has 1 heterocycles. The second-order valence-electron chi connectivity index (χ2n) is 9.82. The van der Waals surface area contributed by atoms with E-state index in [0.29, 0.717) is 35.9 Å². The van der Waals surface area contributed by atoms with E-state index < -0.39 is 21.3 Å². The van der Waals surface area contributed by atoms with Crippen molar-refractivity contribution in [2.75, 3.05) is 13.1 Å². The van der Waals surface area contributed by atoms with Crippen molar-refractivity contribution >= 4 is 33.7 Å². The van der Waals surface area contributed by atoms with Gasteiger partial charge in [-0.15, -0.1) is 0 Å². The summed E-state index contributed by atoms with van der Waals surface area (Å²) in [4.78, 5) is 29.6. The highest BCUT2D eigenvalue weighted by Crippen LogP contribution is 2.55. The summed E-state index contributed by atoms with van der Waals surface area (Å²) in [5.41, 5.74) is -0.150. The summed E-state index contributed by atoms with van der Waals surface area (Å²) in [7, 11) is -3.57. The Labute approximate surface area is 200 Å². The Hall–Kier alpha value is -1.65. The molecule has 4 fully saturated rings. The Morgan fingerprint density at radius 1 is 1.12 bits per heavy atom. The van der Waals surface area contributed by atoms with Gasteiger partial charge >= 0.3 is 6.03 Å². The number of urea groups is 1. The molecule has 0 saturated heterocycles. The molecule has 5 rings (SSSR count). The van der Waals surface area contributed by atoms with E-state index in [1.165, 1.54) is 47.6 Å². The molecule has 0 spiro atoms. The first-order chi connectivity index (χ1) is 15.6. The number of hydrogen-bond donors (Lipinski definition) is 2. The standard InChI is InChI=1S/C23H34N4O4S2/c1-4-27(5-2)33(30,31)19-6-7-20(24-14-19)32-15(3)21(28)25-22(29)26-23-11-16-8-17(12-23)10-18(9-16)13-23/h6-7,14-18H,4-5,8-13H2,1-3H3,(H2,25,26,28,29)/t15-,16?,17?,18?,23?/m0/s1. The largest absolute Gasteiger partial charge is 0.332 e. The average Bonchev–Trinajstić information content (AvgIpc) is 2.73. The van der Waals surface area contributed by atoms with Crippen molar-refractivity contribution in [1.82, 2.24) is 19.9 Å². The number of rotatable bonds is 8. The van der Waals surface area contributed by atoms with Crippen molar-refractivity contribution in [2.24, 2.45) is 17.8 Å². The second kappa shape index (κ2) is 9.54. The average molecular weight is 495 g/mol. The van der Waals surface area contributed by atoms with Crippen LogP contribution in [-0.4, -0.2) is 53.5 Å². The van der Waals surface area contributed by atoms with Gasteiger partial charge in [-0.2, -0.15) is 4.31 Å². The summed E-state index contributed by atoms with van der Waals surface area (Å²) >= 11 is 1.19. The van der Waals surface area contributed by atoms with Crippen LogP contribution < -0.4 is 10.6 Å². The first-order valence-corrected chi connectivity index (χ1v) is 14.2. The molecule has 3 amide bonds. The maximum Gasteiger partial charge on any atom is 0.321 e. The van der Waals surface area contributed by atoms with E-state index in [-0.39, 0.29) is 16.3 Å². The van der Waals surface area contributed by atoms with Crippen molar-refractivity contribution in [1.29, 1.82) is 0 Å². The number of amides is 3. The predicted octanol–water partition coefficient (Wildman–Crippen LogP) is 3.39. The highest BCUT2D eigenvalue weighted by molar-refractivity contribution is 8.00. The van der Waals surface area contributed by atoms with E-state index in [2.05, 4.69) is 15.6 Å². The van der Waals surface area contributed by atoms with E-state index in [0.717, 1.165) is 19.3 Å². The highest BCUT2D eigenvalue weighted by atomic mass is 32.2. The maximum absolute atomic E-state index is 12.6. The van der Waals surface area contributed by atoms with Crippen molar-refractivity contribution < 1.29 is 18.0 Å². The predicted molar refractivity (Wildman–Crippen MR) is 127 cm³/mol. The summed E-state index contributed by atoms with van der Waals surface area (Å²) in [5.74, 6) is 1.74. The molecule has 8 nitrogen and oxygen atoms in total. The fourth-order valence-electron chi connectivity index (χ4n) is 6.29.